The van der Waals surface area contributed by atoms with Crippen molar-refractivity contribution in [3.05, 3.63) is 69.1 Å². The first-order valence-electron chi connectivity index (χ1n) is 7.67. The van der Waals surface area contributed by atoms with Gasteiger partial charge in [0, 0.05) is 6.07 Å². The minimum atomic E-state index is -0.861. The van der Waals surface area contributed by atoms with Crippen LogP contribution in [0.1, 0.15) is 23.0 Å². The highest BCUT2D eigenvalue weighted by Gasteiger charge is 2.39. The zero-order valence-corrected chi connectivity index (χ0v) is 14.1. The zero-order chi connectivity index (χ0) is 18.8. The van der Waals surface area contributed by atoms with Gasteiger partial charge in [-0.2, -0.15) is 0 Å². The summed E-state index contributed by atoms with van der Waals surface area (Å²) in [7, 11) is 2.72. The summed E-state index contributed by atoms with van der Waals surface area (Å²) in [4.78, 5) is 24.6. The van der Waals surface area contributed by atoms with Gasteiger partial charge in [-0.05, 0) is 17.7 Å². The van der Waals surface area contributed by atoms with Gasteiger partial charge in [-0.25, -0.2) is 4.79 Å². The van der Waals surface area contributed by atoms with E-state index in [2.05, 4.69) is 0 Å². The van der Waals surface area contributed by atoms with Crippen LogP contribution in [0.5, 0.6) is 11.5 Å². The van der Waals surface area contributed by atoms with E-state index in [1.807, 2.05) is 0 Å². The Morgan fingerprint density at radius 3 is 2.73 bits per heavy atom. The van der Waals surface area contributed by atoms with Crippen LogP contribution in [0, 0.1) is 0 Å². The molecule has 0 saturated heterocycles. The third-order valence-electron chi connectivity index (χ3n) is 4.00. The Morgan fingerprint density at radius 1 is 1.31 bits per heavy atom. The standard InChI is InChI=1S/C18H17NO7/c1-23-10-5-3-4-9(6-10)13-14(18(22)24-2)17(19)26-15-12(21)7-11(8-20)25-16(13)15/h3-7,13,20H,8,19H2,1-2H3/t13-/m1/s1. The second-order valence-electron chi connectivity index (χ2n) is 5.51. The molecule has 1 aromatic carbocycles. The molecule has 136 valence electrons. The quantitative estimate of drug-likeness (QED) is 0.776. The molecule has 1 atom stereocenters. The highest BCUT2D eigenvalue weighted by Crippen LogP contribution is 2.42. The van der Waals surface area contributed by atoms with Crippen molar-refractivity contribution >= 4 is 5.97 Å². The van der Waals surface area contributed by atoms with Crippen molar-refractivity contribution in [1.29, 1.82) is 0 Å². The summed E-state index contributed by atoms with van der Waals surface area (Å²) < 4.78 is 21.0. The second kappa shape index (κ2) is 6.93. The average Bonchev–Trinajstić information content (AvgIpc) is 2.66. The van der Waals surface area contributed by atoms with Crippen LogP contribution in [-0.2, 0) is 16.1 Å². The van der Waals surface area contributed by atoms with Gasteiger partial charge in [0.15, 0.2) is 5.76 Å². The first-order chi connectivity index (χ1) is 12.5. The third-order valence-corrected chi connectivity index (χ3v) is 4.00. The van der Waals surface area contributed by atoms with Crippen LogP contribution >= 0.6 is 0 Å². The van der Waals surface area contributed by atoms with Crippen molar-refractivity contribution in [2.45, 2.75) is 12.5 Å². The number of esters is 1. The third kappa shape index (κ3) is 2.91. The number of methoxy groups -OCH3 is 2. The molecule has 0 aliphatic carbocycles. The maximum Gasteiger partial charge on any atom is 0.340 e. The normalized spacial score (nSPS) is 15.9. The van der Waals surface area contributed by atoms with Crippen LogP contribution in [-0.4, -0.2) is 25.3 Å². The van der Waals surface area contributed by atoms with Gasteiger partial charge >= 0.3 is 5.97 Å². The molecule has 0 bridgehead atoms. The molecule has 1 aliphatic heterocycles. The van der Waals surface area contributed by atoms with E-state index < -0.39 is 23.9 Å². The number of ether oxygens (including phenoxy) is 3. The molecular formula is C18H17NO7. The molecule has 3 rings (SSSR count). The zero-order valence-electron chi connectivity index (χ0n) is 14.1. The predicted octanol–water partition coefficient (Wildman–Crippen LogP) is 1.01. The smallest absolute Gasteiger partial charge is 0.340 e. The van der Waals surface area contributed by atoms with Gasteiger partial charge in [-0.15, -0.1) is 0 Å². The number of aliphatic hydroxyl groups excluding tert-OH is 1. The lowest BCUT2D eigenvalue weighted by Crippen LogP contribution is -2.29. The summed E-state index contributed by atoms with van der Waals surface area (Å²) in [5.74, 6) is -1.33. The molecule has 0 radical (unpaired) electrons. The van der Waals surface area contributed by atoms with Gasteiger partial charge in [0.2, 0.25) is 17.1 Å². The number of hydrogen-bond donors (Lipinski definition) is 2. The molecule has 2 heterocycles. The van der Waals surface area contributed by atoms with E-state index >= 15 is 0 Å². The number of carbonyl (C=O) groups is 1. The van der Waals surface area contributed by atoms with E-state index in [-0.39, 0.29) is 28.7 Å². The summed E-state index contributed by atoms with van der Waals surface area (Å²) >= 11 is 0. The SMILES string of the molecule is COC(=O)C1=C(N)Oc2c(oc(CO)cc2=O)[C@@H]1c1cccc(OC)c1. The van der Waals surface area contributed by atoms with E-state index in [4.69, 9.17) is 24.4 Å². The first-order valence-corrected chi connectivity index (χ1v) is 7.67. The number of rotatable bonds is 4. The largest absolute Gasteiger partial charge is 0.497 e. The fraction of sp³-hybridized carbons (Fsp3) is 0.222. The summed E-state index contributed by atoms with van der Waals surface area (Å²) in [6.45, 7) is -0.486. The fourth-order valence-electron chi connectivity index (χ4n) is 2.82. The van der Waals surface area contributed by atoms with Crippen molar-refractivity contribution < 1.29 is 28.5 Å². The molecule has 1 aromatic heterocycles. The average molecular weight is 359 g/mol. The van der Waals surface area contributed by atoms with Gasteiger partial charge < -0.3 is 29.5 Å². The minimum absolute atomic E-state index is 0.00788. The summed E-state index contributed by atoms with van der Waals surface area (Å²) in [5, 5.41) is 9.35. The number of hydrogen-bond acceptors (Lipinski definition) is 8. The fourth-order valence-corrected chi connectivity index (χ4v) is 2.82. The van der Waals surface area contributed by atoms with Crippen molar-refractivity contribution in [2.24, 2.45) is 5.73 Å². The molecule has 3 N–H and O–H groups in total. The number of fused-ring (bicyclic) bond motifs is 1. The Balaban J connectivity index is 2.30. The maximum absolute atomic E-state index is 12.3. The Labute approximate surface area is 148 Å². The molecule has 0 saturated carbocycles. The highest BCUT2D eigenvalue weighted by molar-refractivity contribution is 5.92. The van der Waals surface area contributed by atoms with Crippen LogP contribution in [0.25, 0.3) is 0 Å². The Hall–Kier alpha value is -3.26. The lowest BCUT2D eigenvalue weighted by molar-refractivity contribution is -0.136. The Morgan fingerprint density at radius 2 is 2.08 bits per heavy atom. The molecule has 8 heteroatoms. The molecule has 2 aromatic rings. The first kappa shape index (κ1) is 17.6. The molecule has 26 heavy (non-hydrogen) atoms. The van der Waals surface area contributed by atoms with E-state index in [1.54, 1.807) is 24.3 Å². The Bertz CT molecular complexity index is 945. The lowest BCUT2D eigenvalue weighted by atomic mass is 9.86. The molecule has 0 unspecified atom stereocenters. The van der Waals surface area contributed by atoms with E-state index in [0.29, 0.717) is 11.3 Å². The molecule has 0 spiro atoms. The lowest BCUT2D eigenvalue weighted by Gasteiger charge is -2.26. The van der Waals surface area contributed by atoms with Gasteiger partial charge in [0.1, 0.15) is 23.7 Å². The van der Waals surface area contributed by atoms with Crippen LogP contribution in [0.3, 0.4) is 0 Å². The molecule has 0 fully saturated rings. The van der Waals surface area contributed by atoms with Crippen LogP contribution in [0.4, 0.5) is 0 Å². The molecule has 8 nitrogen and oxygen atoms in total. The minimum Gasteiger partial charge on any atom is -0.497 e. The van der Waals surface area contributed by atoms with Gasteiger partial charge in [-0.3, -0.25) is 4.79 Å². The van der Waals surface area contributed by atoms with Crippen LogP contribution in [0.2, 0.25) is 0 Å². The van der Waals surface area contributed by atoms with Gasteiger partial charge in [0.25, 0.3) is 0 Å². The van der Waals surface area contributed by atoms with Gasteiger partial charge in [-0.1, -0.05) is 12.1 Å². The van der Waals surface area contributed by atoms with Crippen LogP contribution in [0.15, 0.2) is 51.0 Å². The highest BCUT2D eigenvalue weighted by atomic mass is 16.5. The molecular weight excluding hydrogens is 342 g/mol. The number of carbonyl (C=O) groups excluding carboxylic acids is 1. The van der Waals surface area contributed by atoms with E-state index in [0.717, 1.165) is 6.07 Å². The topological polar surface area (TPSA) is 121 Å². The van der Waals surface area contributed by atoms with Crippen LogP contribution < -0.4 is 20.6 Å². The molecule has 1 aliphatic rings. The van der Waals surface area contributed by atoms with Crippen molar-refractivity contribution in [1.82, 2.24) is 0 Å². The molecule has 0 amide bonds. The Kier molecular flexibility index (Phi) is 4.68. The van der Waals surface area contributed by atoms with Gasteiger partial charge in [0.05, 0.1) is 20.1 Å². The second-order valence-corrected chi connectivity index (χ2v) is 5.51. The summed E-state index contributed by atoms with van der Waals surface area (Å²) in [6.07, 6.45) is 0. The number of nitrogens with two attached hydrogens (primary N) is 1. The van der Waals surface area contributed by atoms with Crippen molar-refractivity contribution in [3.63, 3.8) is 0 Å². The monoisotopic (exact) mass is 359 g/mol. The van der Waals surface area contributed by atoms with Crippen molar-refractivity contribution in [2.75, 3.05) is 14.2 Å². The summed E-state index contributed by atoms with van der Waals surface area (Å²) in [6, 6.07) is 7.97. The number of aliphatic hydroxyl groups is 1. The van der Waals surface area contributed by atoms with Crippen molar-refractivity contribution in [3.8, 4) is 11.5 Å². The number of benzene rings is 1. The van der Waals surface area contributed by atoms with E-state index in [9.17, 15) is 14.7 Å². The predicted molar refractivity (Wildman–Crippen MR) is 89.6 cm³/mol. The van der Waals surface area contributed by atoms with E-state index in [1.165, 1.54) is 14.2 Å². The summed E-state index contributed by atoms with van der Waals surface area (Å²) in [5.41, 5.74) is 5.96. The maximum atomic E-state index is 12.3.